The van der Waals surface area contributed by atoms with Crippen LogP contribution >= 0.6 is 11.8 Å². The summed E-state index contributed by atoms with van der Waals surface area (Å²) >= 11 is 1.33. The minimum absolute atomic E-state index is 0.401. The number of pyridine rings is 1. The second-order valence-corrected chi connectivity index (χ2v) is 6.28. The summed E-state index contributed by atoms with van der Waals surface area (Å²) in [5, 5.41) is 1.82. The van der Waals surface area contributed by atoms with Crippen molar-refractivity contribution in [3.05, 3.63) is 58.0 Å². The van der Waals surface area contributed by atoms with Gasteiger partial charge in [0, 0.05) is 11.1 Å². The highest BCUT2D eigenvalue weighted by molar-refractivity contribution is 8.01. The molecule has 2 heterocycles. The Morgan fingerprint density at radius 2 is 2.04 bits per heavy atom. The summed E-state index contributed by atoms with van der Waals surface area (Å²) in [6.07, 6.45) is -3.54. The Morgan fingerprint density at radius 3 is 2.74 bits per heavy atom. The van der Waals surface area contributed by atoms with E-state index in [1.807, 2.05) is 29.2 Å². The van der Waals surface area contributed by atoms with Crippen LogP contribution in [0.2, 0.25) is 0 Å². The lowest BCUT2D eigenvalue weighted by Gasteiger charge is -2.11. The van der Waals surface area contributed by atoms with Crippen molar-refractivity contribution in [2.24, 2.45) is 0 Å². The van der Waals surface area contributed by atoms with Crippen molar-refractivity contribution in [3.8, 4) is 0 Å². The number of carbonyl (C=O) groups excluding carboxylic acids is 1. The second-order valence-electron chi connectivity index (χ2n) is 5.04. The fourth-order valence-electron chi connectivity index (χ4n) is 2.28. The molecule has 1 aliphatic heterocycles. The van der Waals surface area contributed by atoms with Gasteiger partial charge < -0.3 is 10.3 Å². The van der Waals surface area contributed by atoms with Gasteiger partial charge in [-0.3, -0.25) is 9.59 Å². The van der Waals surface area contributed by atoms with Gasteiger partial charge in [0.25, 0.3) is 5.56 Å². The highest BCUT2D eigenvalue weighted by atomic mass is 32.2. The summed E-state index contributed by atoms with van der Waals surface area (Å²) in [5.74, 6) is -0.490. The van der Waals surface area contributed by atoms with Gasteiger partial charge in [0.1, 0.15) is 5.69 Å². The van der Waals surface area contributed by atoms with Gasteiger partial charge in [0.05, 0.1) is 10.8 Å². The van der Waals surface area contributed by atoms with Crippen molar-refractivity contribution < 1.29 is 18.0 Å². The Balaban J connectivity index is 1.78. The Bertz CT molecular complexity index is 792. The Kier molecular flexibility index (Phi) is 3.93. The van der Waals surface area contributed by atoms with Crippen molar-refractivity contribution in [2.75, 3.05) is 5.32 Å². The molecular formula is C15H11F3N2O2S. The molecule has 0 saturated carbocycles. The van der Waals surface area contributed by atoms with E-state index in [1.54, 1.807) is 0 Å². The van der Waals surface area contributed by atoms with E-state index < -0.39 is 34.1 Å². The van der Waals surface area contributed by atoms with E-state index in [9.17, 15) is 22.8 Å². The molecule has 1 atom stereocenters. The van der Waals surface area contributed by atoms with Crippen molar-refractivity contribution in [1.82, 2.24) is 4.98 Å². The highest BCUT2D eigenvalue weighted by Gasteiger charge is 2.32. The molecule has 0 saturated heterocycles. The van der Waals surface area contributed by atoms with E-state index in [0.29, 0.717) is 18.7 Å². The van der Waals surface area contributed by atoms with E-state index in [2.05, 4.69) is 5.32 Å². The van der Waals surface area contributed by atoms with E-state index in [-0.39, 0.29) is 0 Å². The molecule has 23 heavy (non-hydrogen) atoms. The largest absolute Gasteiger partial charge is 0.417 e. The van der Waals surface area contributed by atoms with E-state index in [1.165, 1.54) is 11.8 Å². The molecule has 8 heteroatoms. The number of aromatic amines is 1. The van der Waals surface area contributed by atoms with Gasteiger partial charge in [-0.1, -0.05) is 18.2 Å². The zero-order chi connectivity index (χ0) is 16.6. The summed E-state index contributed by atoms with van der Waals surface area (Å²) in [7, 11) is 0. The molecule has 0 spiro atoms. The normalized spacial score (nSPS) is 16.9. The number of benzene rings is 1. The Hall–Kier alpha value is -2.22. The molecule has 3 rings (SSSR count). The smallest absolute Gasteiger partial charge is 0.327 e. The summed E-state index contributed by atoms with van der Waals surface area (Å²) in [4.78, 5) is 26.8. The first-order chi connectivity index (χ1) is 10.8. The molecule has 4 nitrogen and oxygen atoms in total. The van der Waals surface area contributed by atoms with Crippen LogP contribution in [0.4, 0.5) is 18.9 Å². The maximum Gasteiger partial charge on any atom is 0.417 e. The SMILES string of the molecule is O=C(Nc1cc(C(F)(F)F)c[nH]c1=O)C1Cc2ccccc2S1. The van der Waals surface area contributed by atoms with Crippen LogP contribution < -0.4 is 10.9 Å². The number of hydrogen-bond acceptors (Lipinski definition) is 3. The summed E-state index contributed by atoms with van der Waals surface area (Å²) in [6, 6.07) is 8.13. The van der Waals surface area contributed by atoms with Crippen molar-refractivity contribution in [3.63, 3.8) is 0 Å². The van der Waals surface area contributed by atoms with Gasteiger partial charge in [0.2, 0.25) is 5.91 Å². The highest BCUT2D eigenvalue weighted by Crippen LogP contribution is 2.37. The molecule has 2 N–H and O–H groups in total. The lowest BCUT2D eigenvalue weighted by molar-refractivity contribution is -0.137. The van der Waals surface area contributed by atoms with Crippen LogP contribution in [-0.2, 0) is 17.4 Å². The Morgan fingerprint density at radius 1 is 1.30 bits per heavy atom. The number of fused-ring (bicyclic) bond motifs is 1. The number of alkyl halides is 3. The maximum atomic E-state index is 12.7. The average Bonchev–Trinajstić information content (AvgIpc) is 2.92. The minimum atomic E-state index is -4.60. The molecule has 1 unspecified atom stereocenters. The van der Waals surface area contributed by atoms with Crippen LogP contribution in [0.25, 0.3) is 0 Å². The summed E-state index contributed by atoms with van der Waals surface area (Å²) < 4.78 is 38.0. The molecule has 0 fully saturated rings. The van der Waals surface area contributed by atoms with Gasteiger partial charge in [-0.15, -0.1) is 11.8 Å². The molecule has 1 aliphatic rings. The van der Waals surface area contributed by atoms with Crippen LogP contribution in [-0.4, -0.2) is 16.1 Å². The predicted octanol–water partition coefficient (Wildman–Crippen LogP) is 3.05. The van der Waals surface area contributed by atoms with Gasteiger partial charge in [-0.05, 0) is 24.1 Å². The number of anilines is 1. The summed E-state index contributed by atoms with van der Waals surface area (Å²) in [5.41, 5.74) is -1.18. The lowest BCUT2D eigenvalue weighted by Crippen LogP contribution is -2.28. The molecular weight excluding hydrogens is 329 g/mol. The zero-order valence-electron chi connectivity index (χ0n) is 11.6. The molecule has 1 aromatic heterocycles. The minimum Gasteiger partial charge on any atom is -0.327 e. The zero-order valence-corrected chi connectivity index (χ0v) is 12.4. The first kappa shape index (κ1) is 15.7. The molecule has 0 bridgehead atoms. The maximum absolute atomic E-state index is 12.7. The molecule has 120 valence electrons. The number of halogens is 3. The predicted molar refractivity (Wildman–Crippen MR) is 80.5 cm³/mol. The number of amides is 1. The standard InChI is InChI=1S/C15H11F3N2O2S/c16-15(17,18)9-6-10(13(21)19-7-9)20-14(22)12-5-8-3-1-2-4-11(8)23-12/h1-4,6-7,12H,5H2,(H,19,21)(H,20,22). The van der Waals surface area contributed by atoms with Crippen LogP contribution in [0.15, 0.2) is 46.2 Å². The third-order valence-electron chi connectivity index (χ3n) is 3.43. The molecule has 1 amide bonds. The number of nitrogens with one attached hydrogen (secondary N) is 2. The fourth-order valence-corrected chi connectivity index (χ4v) is 3.48. The van der Waals surface area contributed by atoms with Crippen LogP contribution in [0.1, 0.15) is 11.1 Å². The van der Waals surface area contributed by atoms with E-state index in [0.717, 1.165) is 10.5 Å². The van der Waals surface area contributed by atoms with Crippen molar-refractivity contribution >= 4 is 23.4 Å². The number of H-pyrrole nitrogens is 1. The topological polar surface area (TPSA) is 62.0 Å². The third kappa shape index (κ3) is 3.26. The molecule has 1 aromatic carbocycles. The first-order valence-corrected chi connectivity index (χ1v) is 7.58. The average molecular weight is 340 g/mol. The van der Waals surface area contributed by atoms with Crippen molar-refractivity contribution in [1.29, 1.82) is 0 Å². The molecule has 0 aliphatic carbocycles. The van der Waals surface area contributed by atoms with Gasteiger partial charge in [0.15, 0.2) is 0 Å². The number of thioether (sulfide) groups is 1. The van der Waals surface area contributed by atoms with Crippen LogP contribution in [0, 0.1) is 0 Å². The first-order valence-electron chi connectivity index (χ1n) is 6.70. The van der Waals surface area contributed by atoms with Crippen LogP contribution in [0.5, 0.6) is 0 Å². The van der Waals surface area contributed by atoms with Gasteiger partial charge in [-0.25, -0.2) is 0 Å². The number of aromatic nitrogens is 1. The van der Waals surface area contributed by atoms with Gasteiger partial charge in [-0.2, -0.15) is 13.2 Å². The lowest BCUT2D eigenvalue weighted by atomic mass is 10.1. The monoisotopic (exact) mass is 340 g/mol. The van der Waals surface area contributed by atoms with Gasteiger partial charge >= 0.3 is 6.18 Å². The number of rotatable bonds is 2. The number of hydrogen-bond donors (Lipinski definition) is 2. The quantitative estimate of drug-likeness (QED) is 0.883. The number of carbonyl (C=O) groups is 1. The third-order valence-corrected chi connectivity index (χ3v) is 4.75. The Labute approximate surface area is 133 Å². The van der Waals surface area contributed by atoms with Crippen molar-refractivity contribution in [2.45, 2.75) is 22.7 Å². The summed E-state index contributed by atoms with van der Waals surface area (Å²) in [6.45, 7) is 0. The fraction of sp³-hybridized carbons (Fsp3) is 0.200. The van der Waals surface area contributed by atoms with Crippen LogP contribution in [0.3, 0.4) is 0 Å². The van der Waals surface area contributed by atoms with E-state index >= 15 is 0 Å². The molecule has 0 radical (unpaired) electrons. The van der Waals surface area contributed by atoms with E-state index in [4.69, 9.17) is 0 Å². The molecule has 2 aromatic rings. The second kappa shape index (κ2) is 5.77.